The Kier molecular flexibility index (Phi) is 4.06. The zero-order valence-electron chi connectivity index (χ0n) is 10.1. The zero-order chi connectivity index (χ0) is 12.3. The molecule has 0 bridgehead atoms. The summed E-state index contributed by atoms with van der Waals surface area (Å²) in [5.74, 6) is 2.58. The first kappa shape index (κ1) is 12.4. The third kappa shape index (κ3) is 2.63. The number of carbonyl (C=O) groups excluding carboxylic acids is 1. The normalized spacial score (nSPS) is 16.2. The minimum absolute atomic E-state index is 0.0470. The molecule has 0 N–H and O–H groups in total. The monoisotopic (exact) mass is 256 g/mol. The fourth-order valence-electron chi connectivity index (χ4n) is 1.79. The highest BCUT2D eigenvalue weighted by atomic mass is 32.2. The summed E-state index contributed by atoms with van der Waals surface area (Å²) in [5.41, 5.74) is 1.16. The van der Waals surface area contributed by atoms with E-state index in [2.05, 4.69) is 5.16 Å². The van der Waals surface area contributed by atoms with Crippen molar-refractivity contribution in [2.75, 3.05) is 31.7 Å². The third-order valence-electron chi connectivity index (χ3n) is 2.77. The van der Waals surface area contributed by atoms with Gasteiger partial charge in [0, 0.05) is 31.7 Å². The summed E-state index contributed by atoms with van der Waals surface area (Å²) >= 11 is 1.87. The summed E-state index contributed by atoms with van der Waals surface area (Å²) in [6.45, 7) is 3.72. The van der Waals surface area contributed by atoms with Crippen LogP contribution in [0.1, 0.15) is 21.8 Å². The van der Waals surface area contributed by atoms with E-state index >= 15 is 0 Å². The summed E-state index contributed by atoms with van der Waals surface area (Å²) < 4.78 is 10.1. The number of ether oxygens (including phenoxy) is 1. The maximum absolute atomic E-state index is 12.2. The predicted molar refractivity (Wildman–Crippen MR) is 65.2 cm³/mol. The fraction of sp³-hybridized carbons (Fsp3) is 0.636. The van der Waals surface area contributed by atoms with Crippen molar-refractivity contribution in [1.29, 1.82) is 0 Å². The predicted octanol–water partition coefficient (Wildman–Crippen LogP) is 1.32. The van der Waals surface area contributed by atoms with Crippen LogP contribution in [0.4, 0.5) is 0 Å². The Balaban J connectivity index is 2.17. The molecule has 2 rings (SSSR count). The molecule has 0 radical (unpaired) electrons. The van der Waals surface area contributed by atoms with E-state index in [9.17, 15) is 4.79 Å². The highest BCUT2D eigenvalue weighted by molar-refractivity contribution is 7.99. The van der Waals surface area contributed by atoms with Gasteiger partial charge in [0.15, 0.2) is 5.69 Å². The second-order valence-electron chi connectivity index (χ2n) is 3.90. The van der Waals surface area contributed by atoms with Crippen LogP contribution in [0.3, 0.4) is 0 Å². The summed E-state index contributed by atoms with van der Waals surface area (Å²) in [7, 11) is 1.60. The van der Waals surface area contributed by atoms with Crippen molar-refractivity contribution in [3.05, 3.63) is 17.0 Å². The van der Waals surface area contributed by atoms with Crippen LogP contribution in [-0.4, -0.2) is 47.7 Å². The molecule has 94 valence electrons. The van der Waals surface area contributed by atoms with Crippen molar-refractivity contribution in [2.45, 2.75) is 13.5 Å². The molecule has 0 aromatic carbocycles. The molecule has 17 heavy (non-hydrogen) atoms. The van der Waals surface area contributed by atoms with Gasteiger partial charge in [0.2, 0.25) is 0 Å². The third-order valence-corrected chi connectivity index (χ3v) is 3.72. The van der Waals surface area contributed by atoms with Crippen molar-refractivity contribution < 1.29 is 14.1 Å². The van der Waals surface area contributed by atoms with Gasteiger partial charge in [-0.15, -0.1) is 0 Å². The standard InChI is InChI=1S/C11H16N2O3S/c1-8-9(7-15-2)10(12-16-8)11(14)13-3-5-17-6-4-13/h3-7H2,1-2H3. The van der Waals surface area contributed by atoms with Crippen LogP contribution < -0.4 is 0 Å². The van der Waals surface area contributed by atoms with Crippen LogP contribution in [0.15, 0.2) is 4.52 Å². The lowest BCUT2D eigenvalue weighted by Gasteiger charge is -2.25. The lowest BCUT2D eigenvalue weighted by atomic mass is 10.2. The molecule has 1 aliphatic heterocycles. The maximum Gasteiger partial charge on any atom is 0.276 e. The summed E-state index contributed by atoms with van der Waals surface area (Å²) in [4.78, 5) is 14.1. The number of amides is 1. The Labute approximate surface area is 104 Å². The number of nitrogens with zero attached hydrogens (tertiary/aromatic N) is 2. The molecule has 0 saturated carbocycles. The Hall–Kier alpha value is -1.01. The van der Waals surface area contributed by atoms with E-state index in [1.54, 1.807) is 14.0 Å². The Morgan fingerprint density at radius 3 is 2.88 bits per heavy atom. The molecule has 0 aliphatic carbocycles. The molecule has 1 aliphatic rings. The molecule has 1 aromatic heterocycles. The first-order chi connectivity index (χ1) is 8.24. The molecular weight excluding hydrogens is 240 g/mol. The number of hydrogen-bond acceptors (Lipinski definition) is 5. The largest absolute Gasteiger partial charge is 0.380 e. The van der Waals surface area contributed by atoms with Gasteiger partial charge in [-0.25, -0.2) is 0 Å². The smallest absolute Gasteiger partial charge is 0.276 e. The number of rotatable bonds is 3. The van der Waals surface area contributed by atoms with Gasteiger partial charge in [0.1, 0.15) is 5.76 Å². The highest BCUT2D eigenvalue weighted by Crippen LogP contribution is 2.18. The van der Waals surface area contributed by atoms with Crippen LogP contribution in [0.25, 0.3) is 0 Å². The SMILES string of the molecule is COCc1c(C(=O)N2CCSCC2)noc1C. The van der Waals surface area contributed by atoms with Crippen LogP contribution >= 0.6 is 11.8 Å². The maximum atomic E-state index is 12.2. The average molecular weight is 256 g/mol. The van der Waals surface area contributed by atoms with Gasteiger partial charge in [-0.2, -0.15) is 11.8 Å². The van der Waals surface area contributed by atoms with E-state index in [1.807, 2.05) is 16.7 Å². The van der Waals surface area contributed by atoms with Crippen molar-refractivity contribution in [2.24, 2.45) is 0 Å². The second-order valence-corrected chi connectivity index (χ2v) is 5.13. The lowest BCUT2D eigenvalue weighted by molar-refractivity contribution is 0.0757. The van der Waals surface area contributed by atoms with Crippen molar-refractivity contribution in [3.63, 3.8) is 0 Å². The van der Waals surface area contributed by atoms with E-state index in [0.29, 0.717) is 18.1 Å². The van der Waals surface area contributed by atoms with Crippen LogP contribution in [0.2, 0.25) is 0 Å². The van der Waals surface area contributed by atoms with E-state index in [4.69, 9.17) is 9.26 Å². The molecule has 0 spiro atoms. The number of methoxy groups -OCH3 is 1. The Bertz CT molecular complexity index is 399. The fourth-order valence-corrected chi connectivity index (χ4v) is 2.69. The van der Waals surface area contributed by atoms with Gasteiger partial charge in [0.25, 0.3) is 5.91 Å². The summed E-state index contributed by atoms with van der Waals surface area (Å²) in [6, 6.07) is 0. The van der Waals surface area contributed by atoms with Gasteiger partial charge in [-0.3, -0.25) is 4.79 Å². The molecule has 1 aromatic rings. The van der Waals surface area contributed by atoms with Gasteiger partial charge >= 0.3 is 0 Å². The van der Waals surface area contributed by atoms with Gasteiger partial charge in [-0.05, 0) is 6.92 Å². The molecule has 5 nitrogen and oxygen atoms in total. The molecule has 1 amide bonds. The number of thioether (sulfide) groups is 1. The topological polar surface area (TPSA) is 55.6 Å². The molecule has 2 heterocycles. The number of carbonyl (C=O) groups is 1. The van der Waals surface area contributed by atoms with Crippen LogP contribution in [0.5, 0.6) is 0 Å². The number of aromatic nitrogens is 1. The first-order valence-corrected chi connectivity index (χ1v) is 6.70. The van der Waals surface area contributed by atoms with E-state index in [-0.39, 0.29) is 5.91 Å². The highest BCUT2D eigenvalue weighted by Gasteiger charge is 2.25. The van der Waals surface area contributed by atoms with E-state index < -0.39 is 0 Å². The van der Waals surface area contributed by atoms with E-state index in [1.165, 1.54) is 0 Å². The van der Waals surface area contributed by atoms with Gasteiger partial charge < -0.3 is 14.2 Å². The van der Waals surface area contributed by atoms with Gasteiger partial charge in [0.05, 0.1) is 12.2 Å². The second kappa shape index (κ2) is 5.55. The first-order valence-electron chi connectivity index (χ1n) is 5.55. The quantitative estimate of drug-likeness (QED) is 0.816. The molecule has 0 atom stereocenters. The molecular formula is C11H16N2O3S. The zero-order valence-corrected chi connectivity index (χ0v) is 10.9. The Morgan fingerprint density at radius 2 is 2.24 bits per heavy atom. The van der Waals surface area contributed by atoms with Crippen molar-refractivity contribution in [3.8, 4) is 0 Å². The Morgan fingerprint density at radius 1 is 1.53 bits per heavy atom. The molecule has 6 heteroatoms. The van der Waals surface area contributed by atoms with Crippen LogP contribution in [-0.2, 0) is 11.3 Å². The summed E-state index contributed by atoms with van der Waals surface area (Å²) in [5, 5.41) is 3.86. The minimum Gasteiger partial charge on any atom is -0.380 e. The van der Waals surface area contributed by atoms with Crippen molar-refractivity contribution in [1.82, 2.24) is 10.1 Å². The molecule has 0 unspecified atom stereocenters. The lowest BCUT2D eigenvalue weighted by Crippen LogP contribution is -2.38. The minimum atomic E-state index is -0.0470. The van der Waals surface area contributed by atoms with Crippen LogP contribution in [0, 0.1) is 6.92 Å². The number of hydrogen-bond donors (Lipinski definition) is 0. The summed E-state index contributed by atoms with van der Waals surface area (Å²) in [6.07, 6.45) is 0. The average Bonchev–Trinajstić information content (AvgIpc) is 2.72. The van der Waals surface area contributed by atoms with E-state index in [0.717, 1.165) is 30.2 Å². The van der Waals surface area contributed by atoms with Gasteiger partial charge in [-0.1, -0.05) is 5.16 Å². The molecule has 1 saturated heterocycles. The molecule has 1 fully saturated rings. The number of aryl methyl sites for hydroxylation is 1. The van der Waals surface area contributed by atoms with Crippen molar-refractivity contribution >= 4 is 17.7 Å².